The Kier molecular flexibility index (Phi) is 11.6. The van der Waals surface area contributed by atoms with Gasteiger partial charge in [0.05, 0.1) is 12.7 Å². The van der Waals surface area contributed by atoms with E-state index in [4.69, 9.17) is 4.74 Å². The van der Waals surface area contributed by atoms with Gasteiger partial charge >= 0.3 is 0 Å². The summed E-state index contributed by atoms with van der Waals surface area (Å²) in [5, 5.41) is 0. The first-order valence-corrected chi connectivity index (χ1v) is 9.98. The number of hydrogen-bond donors (Lipinski definition) is 0. The molecule has 1 rings (SSSR count). The van der Waals surface area contributed by atoms with Gasteiger partial charge in [-0.2, -0.15) is 0 Å². The highest BCUT2D eigenvalue weighted by Crippen LogP contribution is 2.18. The summed E-state index contributed by atoms with van der Waals surface area (Å²) in [4.78, 5) is 0. The predicted molar refractivity (Wildman–Crippen MR) is 107 cm³/mol. The SMILES string of the molecule is C/C=C/C(CCCCCCCCCC)OCc1c(C)cccc1C. The molecule has 1 unspecified atom stereocenters. The second kappa shape index (κ2) is 13.2. The Balaban J connectivity index is 2.27. The highest BCUT2D eigenvalue weighted by molar-refractivity contribution is 5.32. The van der Waals surface area contributed by atoms with Crippen molar-refractivity contribution in [3.05, 3.63) is 47.0 Å². The van der Waals surface area contributed by atoms with Gasteiger partial charge in [0, 0.05) is 0 Å². The molecular formula is C23H38O. The fourth-order valence-electron chi connectivity index (χ4n) is 3.20. The lowest BCUT2D eigenvalue weighted by Crippen LogP contribution is -2.11. The average Bonchev–Trinajstić information content (AvgIpc) is 2.56. The van der Waals surface area contributed by atoms with Crippen LogP contribution in [0.25, 0.3) is 0 Å². The number of hydrogen-bond acceptors (Lipinski definition) is 1. The highest BCUT2D eigenvalue weighted by atomic mass is 16.5. The van der Waals surface area contributed by atoms with E-state index < -0.39 is 0 Å². The third-order valence-electron chi connectivity index (χ3n) is 4.84. The smallest absolute Gasteiger partial charge is 0.0760 e. The van der Waals surface area contributed by atoms with Crippen molar-refractivity contribution in [2.45, 2.75) is 98.2 Å². The van der Waals surface area contributed by atoms with Gasteiger partial charge in [-0.05, 0) is 43.9 Å². The van der Waals surface area contributed by atoms with Gasteiger partial charge < -0.3 is 4.74 Å². The molecule has 1 aromatic rings. The topological polar surface area (TPSA) is 9.23 Å². The minimum atomic E-state index is 0.258. The van der Waals surface area contributed by atoms with E-state index in [1.54, 1.807) is 0 Å². The fraction of sp³-hybridized carbons (Fsp3) is 0.652. The van der Waals surface area contributed by atoms with Crippen LogP contribution in [0.4, 0.5) is 0 Å². The maximum atomic E-state index is 6.20. The number of benzene rings is 1. The lowest BCUT2D eigenvalue weighted by atomic mass is 10.0. The van der Waals surface area contributed by atoms with Gasteiger partial charge in [-0.3, -0.25) is 0 Å². The molecule has 1 aromatic carbocycles. The standard InChI is InChI=1S/C23H38O/c1-5-7-8-9-10-11-12-13-18-22(15-6-2)24-19-23-20(3)16-14-17-21(23)4/h6,14-17,22H,5,7-13,18-19H2,1-4H3/b15-6+. The molecule has 0 aliphatic carbocycles. The van der Waals surface area contributed by atoms with Gasteiger partial charge in [-0.25, -0.2) is 0 Å². The van der Waals surface area contributed by atoms with Crippen LogP contribution >= 0.6 is 0 Å². The van der Waals surface area contributed by atoms with Crippen molar-refractivity contribution >= 4 is 0 Å². The van der Waals surface area contributed by atoms with Crippen LogP contribution in [0.5, 0.6) is 0 Å². The van der Waals surface area contributed by atoms with E-state index in [2.05, 4.69) is 58.0 Å². The summed E-state index contributed by atoms with van der Waals surface area (Å²) in [6, 6.07) is 6.47. The largest absolute Gasteiger partial charge is 0.369 e. The third kappa shape index (κ3) is 8.68. The zero-order valence-corrected chi connectivity index (χ0v) is 16.4. The zero-order valence-electron chi connectivity index (χ0n) is 16.4. The van der Waals surface area contributed by atoms with Gasteiger partial charge in [0.1, 0.15) is 0 Å². The molecule has 24 heavy (non-hydrogen) atoms. The van der Waals surface area contributed by atoms with Gasteiger partial charge in [0.25, 0.3) is 0 Å². The number of ether oxygens (including phenoxy) is 1. The predicted octanol–water partition coefficient (Wildman–Crippen LogP) is 7.30. The summed E-state index contributed by atoms with van der Waals surface area (Å²) in [5.74, 6) is 0. The molecule has 136 valence electrons. The molecule has 0 aromatic heterocycles. The molecule has 0 aliphatic rings. The second-order valence-corrected chi connectivity index (χ2v) is 7.01. The van der Waals surface area contributed by atoms with Crippen molar-refractivity contribution in [3.8, 4) is 0 Å². The van der Waals surface area contributed by atoms with E-state index in [1.807, 2.05) is 0 Å². The molecule has 0 radical (unpaired) electrons. The number of aryl methyl sites for hydroxylation is 2. The molecule has 0 N–H and O–H groups in total. The summed E-state index contributed by atoms with van der Waals surface area (Å²) < 4.78 is 6.20. The molecule has 0 bridgehead atoms. The number of allylic oxidation sites excluding steroid dienone is 1. The van der Waals surface area contributed by atoms with Crippen LogP contribution < -0.4 is 0 Å². The Morgan fingerprint density at radius 3 is 2.08 bits per heavy atom. The zero-order chi connectivity index (χ0) is 17.6. The van der Waals surface area contributed by atoms with Gasteiger partial charge in [-0.1, -0.05) is 88.6 Å². The Morgan fingerprint density at radius 2 is 1.50 bits per heavy atom. The van der Waals surface area contributed by atoms with E-state index >= 15 is 0 Å². The lowest BCUT2D eigenvalue weighted by molar-refractivity contribution is 0.0640. The maximum Gasteiger partial charge on any atom is 0.0760 e. The quantitative estimate of drug-likeness (QED) is 0.272. The molecule has 1 atom stereocenters. The molecule has 1 heteroatoms. The fourth-order valence-corrected chi connectivity index (χ4v) is 3.20. The monoisotopic (exact) mass is 330 g/mol. The Hall–Kier alpha value is -1.08. The Morgan fingerprint density at radius 1 is 0.917 bits per heavy atom. The van der Waals surface area contributed by atoms with Crippen molar-refractivity contribution in [1.29, 1.82) is 0 Å². The van der Waals surface area contributed by atoms with Gasteiger partial charge in [0.15, 0.2) is 0 Å². The molecule has 0 saturated heterocycles. The molecule has 0 fully saturated rings. The summed E-state index contributed by atoms with van der Waals surface area (Å²) in [7, 11) is 0. The van der Waals surface area contributed by atoms with Gasteiger partial charge in [0.2, 0.25) is 0 Å². The minimum Gasteiger partial charge on any atom is -0.369 e. The first-order chi connectivity index (χ1) is 11.7. The normalized spacial score (nSPS) is 12.8. The average molecular weight is 331 g/mol. The number of unbranched alkanes of at least 4 members (excludes halogenated alkanes) is 7. The van der Waals surface area contributed by atoms with Gasteiger partial charge in [-0.15, -0.1) is 0 Å². The summed E-state index contributed by atoms with van der Waals surface area (Å²) in [6.07, 6.45) is 16.7. The molecule has 0 amide bonds. The molecule has 1 nitrogen and oxygen atoms in total. The van der Waals surface area contributed by atoms with Crippen molar-refractivity contribution in [2.75, 3.05) is 0 Å². The van der Waals surface area contributed by atoms with E-state index in [0.29, 0.717) is 0 Å². The highest BCUT2D eigenvalue weighted by Gasteiger charge is 2.08. The van der Waals surface area contributed by atoms with E-state index in [9.17, 15) is 0 Å². The van der Waals surface area contributed by atoms with Crippen LogP contribution in [0.15, 0.2) is 30.4 Å². The number of rotatable bonds is 13. The van der Waals surface area contributed by atoms with Crippen LogP contribution in [0.2, 0.25) is 0 Å². The van der Waals surface area contributed by atoms with E-state index in [-0.39, 0.29) is 6.10 Å². The summed E-state index contributed by atoms with van der Waals surface area (Å²) in [6.45, 7) is 9.44. The lowest BCUT2D eigenvalue weighted by Gasteiger charge is -2.17. The molecule has 0 spiro atoms. The second-order valence-electron chi connectivity index (χ2n) is 7.01. The maximum absolute atomic E-state index is 6.20. The van der Waals surface area contributed by atoms with E-state index in [0.717, 1.165) is 13.0 Å². The Bertz CT molecular complexity index is 441. The molecule has 0 heterocycles. The van der Waals surface area contributed by atoms with Crippen molar-refractivity contribution in [1.82, 2.24) is 0 Å². The molecule has 0 aliphatic heterocycles. The third-order valence-corrected chi connectivity index (χ3v) is 4.84. The first-order valence-electron chi connectivity index (χ1n) is 9.98. The minimum absolute atomic E-state index is 0.258. The summed E-state index contributed by atoms with van der Waals surface area (Å²) in [5.41, 5.74) is 4.02. The molecule has 0 saturated carbocycles. The van der Waals surface area contributed by atoms with Crippen molar-refractivity contribution in [3.63, 3.8) is 0 Å². The van der Waals surface area contributed by atoms with Crippen LogP contribution in [0, 0.1) is 13.8 Å². The Labute approximate surface area is 150 Å². The first kappa shape index (κ1) is 21.0. The van der Waals surface area contributed by atoms with Crippen LogP contribution in [0.1, 0.15) is 88.3 Å². The van der Waals surface area contributed by atoms with Crippen molar-refractivity contribution in [2.24, 2.45) is 0 Å². The van der Waals surface area contributed by atoms with Crippen molar-refractivity contribution < 1.29 is 4.74 Å². The van der Waals surface area contributed by atoms with E-state index in [1.165, 1.54) is 68.1 Å². The van der Waals surface area contributed by atoms with Crippen LogP contribution in [-0.4, -0.2) is 6.10 Å². The van der Waals surface area contributed by atoms with Crippen LogP contribution in [-0.2, 0) is 11.3 Å². The molecular weight excluding hydrogens is 292 g/mol. The van der Waals surface area contributed by atoms with Crippen LogP contribution in [0.3, 0.4) is 0 Å². The summed E-state index contributed by atoms with van der Waals surface area (Å²) >= 11 is 0.